The molecule has 7 heteroatoms. The Labute approximate surface area is 163 Å². The summed E-state index contributed by atoms with van der Waals surface area (Å²) in [5, 5.41) is 0.611. The molecule has 138 valence electrons. The van der Waals surface area contributed by atoms with Crippen LogP contribution in [0.2, 0.25) is 0 Å². The average Bonchev–Trinajstić information content (AvgIpc) is 2.65. The molecule has 3 aromatic rings. The Morgan fingerprint density at radius 1 is 1.15 bits per heavy atom. The molecule has 0 unspecified atom stereocenters. The monoisotopic (exact) mass is 431 g/mol. The van der Waals surface area contributed by atoms with Gasteiger partial charge in [0.15, 0.2) is 12.4 Å². The van der Waals surface area contributed by atoms with Crippen molar-refractivity contribution >= 4 is 38.6 Å². The van der Waals surface area contributed by atoms with Crippen LogP contribution in [0.15, 0.2) is 46.9 Å². The molecule has 0 aliphatic heterocycles. The normalized spacial score (nSPS) is 10.7. The maximum Gasteiger partial charge on any atom is 0.340 e. The van der Waals surface area contributed by atoms with Crippen molar-refractivity contribution in [3.8, 4) is 5.75 Å². The van der Waals surface area contributed by atoms with Gasteiger partial charge in [0, 0.05) is 17.0 Å². The van der Waals surface area contributed by atoms with Crippen LogP contribution in [0.4, 0.5) is 4.39 Å². The molecule has 3 rings (SSSR count). The van der Waals surface area contributed by atoms with E-state index in [1.165, 1.54) is 25.3 Å². The first-order valence-corrected chi connectivity index (χ1v) is 8.79. The van der Waals surface area contributed by atoms with Gasteiger partial charge in [-0.25, -0.2) is 9.18 Å². The van der Waals surface area contributed by atoms with Gasteiger partial charge in [-0.2, -0.15) is 0 Å². The average molecular weight is 432 g/mol. The number of carbonyl (C=O) groups excluding carboxylic acids is 2. The van der Waals surface area contributed by atoms with E-state index in [1.807, 2.05) is 0 Å². The van der Waals surface area contributed by atoms with E-state index in [1.54, 1.807) is 31.2 Å². The molecule has 2 aromatic carbocycles. The first-order valence-electron chi connectivity index (χ1n) is 8.00. The third kappa shape index (κ3) is 4.14. The highest BCUT2D eigenvalue weighted by Crippen LogP contribution is 2.26. The summed E-state index contributed by atoms with van der Waals surface area (Å²) in [6.07, 6.45) is 0. The number of halogens is 2. The van der Waals surface area contributed by atoms with Crippen LogP contribution in [0.1, 0.15) is 26.4 Å². The number of ketones is 1. The Hall–Kier alpha value is -2.80. The molecule has 0 radical (unpaired) electrons. The Balaban J connectivity index is 1.74. The van der Waals surface area contributed by atoms with Crippen LogP contribution >= 0.6 is 15.9 Å². The van der Waals surface area contributed by atoms with Crippen molar-refractivity contribution in [2.24, 2.45) is 0 Å². The zero-order valence-corrected chi connectivity index (χ0v) is 16.2. The van der Waals surface area contributed by atoms with Gasteiger partial charge < -0.3 is 9.47 Å². The number of hydrogen-bond acceptors (Lipinski definition) is 5. The van der Waals surface area contributed by atoms with E-state index >= 15 is 0 Å². The molecule has 0 fully saturated rings. The summed E-state index contributed by atoms with van der Waals surface area (Å²) in [6, 6.07) is 10.5. The fraction of sp³-hybridized carbons (Fsp3) is 0.150. The standard InChI is InChI=1S/C20H15BrFNO4/c1-11-15(7-12-3-5-14(22)9-17(12)23-11)20(25)27-10-18(24)13-4-6-19(26-2)16(21)8-13/h3-9H,10H2,1-2H3. The van der Waals surface area contributed by atoms with Gasteiger partial charge in [-0.15, -0.1) is 0 Å². The maximum atomic E-state index is 13.3. The van der Waals surface area contributed by atoms with Gasteiger partial charge in [-0.1, -0.05) is 0 Å². The number of pyridine rings is 1. The van der Waals surface area contributed by atoms with Gasteiger partial charge in [-0.05, 0) is 59.3 Å². The molecule has 0 atom stereocenters. The molecular weight excluding hydrogens is 417 g/mol. The number of esters is 1. The van der Waals surface area contributed by atoms with Crippen molar-refractivity contribution in [2.45, 2.75) is 6.92 Å². The summed E-state index contributed by atoms with van der Waals surface area (Å²) in [5.74, 6) is -0.814. The highest BCUT2D eigenvalue weighted by atomic mass is 79.9. The summed E-state index contributed by atoms with van der Waals surface area (Å²) in [6.45, 7) is 1.22. The highest BCUT2D eigenvalue weighted by Gasteiger charge is 2.16. The summed E-state index contributed by atoms with van der Waals surface area (Å²) >= 11 is 3.31. The molecule has 0 spiro atoms. The van der Waals surface area contributed by atoms with Gasteiger partial charge >= 0.3 is 5.97 Å². The van der Waals surface area contributed by atoms with E-state index in [0.29, 0.717) is 32.4 Å². The number of ether oxygens (including phenoxy) is 2. The number of Topliss-reactive ketones (excluding diaryl/α,β-unsaturated/α-hetero) is 1. The predicted octanol–water partition coefficient (Wildman–Crippen LogP) is 4.49. The predicted molar refractivity (Wildman–Crippen MR) is 102 cm³/mol. The molecule has 0 N–H and O–H groups in total. The first-order chi connectivity index (χ1) is 12.9. The molecule has 27 heavy (non-hydrogen) atoms. The number of hydrogen-bond donors (Lipinski definition) is 0. The van der Waals surface area contributed by atoms with E-state index < -0.39 is 18.4 Å². The summed E-state index contributed by atoms with van der Waals surface area (Å²) in [4.78, 5) is 28.9. The van der Waals surface area contributed by atoms with E-state index in [4.69, 9.17) is 9.47 Å². The number of carbonyl (C=O) groups is 2. The minimum atomic E-state index is -0.660. The second-order valence-electron chi connectivity index (χ2n) is 5.81. The third-order valence-electron chi connectivity index (χ3n) is 4.00. The summed E-state index contributed by atoms with van der Waals surface area (Å²) in [7, 11) is 1.53. The lowest BCUT2D eigenvalue weighted by Gasteiger charge is -2.09. The molecule has 0 bridgehead atoms. The van der Waals surface area contributed by atoms with Crippen molar-refractivity contribution in [2.75, 3.05) is 13.7 Å². The van der Waals surface area contributed by atoms with Crippen molar-refractivity contribution in [3.05, 3.63) is 69.6 Å². The van der Waals surface area contributed by atoms with Crippen LogP contribution in [0.5, 0.6) is 5.75 Å². The van der Waals surface area contributed by atoms with Gasteiger partial charge in [0.05, 0.1) is 28.4 Å². The molecule has 0 aliphatic rings. The minimum absolute atomic E-state index is 0.234. The van der Waals surface area contributed by atoms with E-state index in [9.17, 15) is 14.0 Å². The van der Waals surface area contributed by atoms with Crippen molar-refractivity contribution in [3.63, 3.8) is 0 Å². The number of aryl methyl sites for hydroxylation is 1. The molecule has 0 amide bonds. The van der Waals surface area contributed by atoms with Crippen molar-refractivity contribution < 1.29 is 23.5 Å². The van der Waals surface area contributed by atoms with Crippen LogP contribution in [0.3, 0.4) is 0 Å². The van der Waals surface area contributed by atoms with E-state index in [-0.39, 0.29) is 11.3 Å². The quantitative estimate of drug-likeness (QED) is 0.439. The Morgan fingerprint density at radius 3 is 2.63 bits per heavy atom. The van der Waals surface area contributed by atoms with Gasteiger partial charge in [-0.3, -0.25) is 9.78 Å². The summed E-state index contributed by atoms with van der Waals surface area (Å²) < 4.78 is 24.2. The number of nitrogens with zero attached hydrogens (tertiary/aromatic N) is 1. The minimum Gasteiger partial charge on any atom is -0.496 e. The SMILES string of the molecule is COc1ccc(C(=O)COC(=O)c2cc3ccc(F)cc3nc2C)cc1Br. The van der Waals surface area contributed by atoms with Crippen LogP contribution in [-0.2, 0) is 4.74 Å². The van der Waals surface area contributed by atoms with Crippen LogP contribution in [0, 0.1) is 12.7 Å². The second kappa shape index (κ2) is 7.84. The van der Waals surface area contributed by atoms with Crippen molar-refractivity contribution in [1.29, 1.82) is 0 Å². The highest BCUT2D eigenvalue weighted by molar-refractivity contribution is 9.10. The molecule has 0 aliphatic carbocycles. The fourth-order valence-electron chi connectivity index (χ4n) is 2.58. The Kier molecular flexibility index (Phi) is 5.51. The number of aromatic nitrogens is 1. The Morgan fingerprint density at radius 2 is 1.93 bits per heavy atom. The zero-order chi connectivity index (χ0) is 19.6. The zero-order valence-electron chi connectivity index (χ0n) is 14.6. The van der Waals surface area contributed by atoms with Gasteiger partial charge in [0.2, 0.25) is 0 Å². The molecule has 1 aromatic heterocycles. The molecule has 0 saturated carbocycles. The van der Waals surface area contributed by atoms with E-state index in [0.717, 1.165) is 0 Å². The van der Waals surface area contributed by atoms with Gasteiger partial charge in [0.1, 0.15) is 11.6 Å². The largest absolute Gasteiger partial charge is 0.496 e. The lowest BCUT2D eigenvalue weighted by Crippen LogP contribution is -2.15. The lowest BCUT2D eigenvalue weighted by atomic mass is 10.1. The Bertz CT molecular complexity index is 1050. The smallest absolute Gasteiger partial charge is 0.340 e. The lowest BCUT2D eigenvalue weighted by molar-refractivity contribution is 0.0473. The van der Waals surface area contributed by atoms with Crippen LogP contribution < -0.4 is 4.74 Å². The number of benzene rings is 2. The second-order valence-corrected chi connectivity index (χ2v) is 6.66. The molecular formula is C20H15BrFNO4. The maximum absolute atomic E-state index is 13.3. The summed E-state index contributed by atoms with van der Waals surface area (Å²) in [5.41, 5.74) is 1.47. The molecule has 1 heterocycles. The molecule has 0 saturated heterocycles. The number of rotatable bonds is 5. The first kappa shape index (κ1) is 19.0. The molecule has 5 nitrogen and oxygen atoms in total. The topological polar surface area (TPSA) is 65.5 Å². The van der Waals surface area contributed by atoms with E-state index in [2.05, 4.69) is 20.9 Å². The fourth-order valence-corrected chi connectivity index (χ4v) is 3.12. The number of methoxy groups -OCH3 is 1. The third-order valence-corrected chi connectivity index (χ3v) is 4.62. The van der Waals surface area contributed by atoms with Crippen molar-refractivity contribution in [1.82, 2.24) is 4.98 Å². The van der Waals surface area contributed by atoms with Gasteiger partial charge in [0.25, 0.3) is 0 Å². The number of fused-ring (bicyclic) bond motifs is 1. The van der Waals surface area contributed by atoms with Crippen LogP contribution in [0.25, 0.3) is 10.9 Å². The van der Waals surface area contributed by atoms with Crippen LogP contribution in [-0.4, -0.2) is 30.5 Å².